The predicted octanol–water partition coefficient (Wildman–Crippen LogP) is 29.1. The van der Waals surface area contributed by atoms with Gasteiger partial charge in [-0.2, -0.15) is 0 Å². The van der Waals surface area contributed by atoms with Crippen LogP contribution in [0, 0.1) is 13.8 Å². The van der Waals surface area contributed by atoms with Gasteiger partial charge in [0.25, 0.3) is 0 Å². The molecule has 0 N–H and O–H groups in total. The quantitative estimate of drug-likeness (QED) is 0.158. The Labute approximate surface area is 629 Å². The van der Waals surface area contributed by atoms with Crippen LogP contribution in [0.15, 0.2) is 327 Å². The molecular weight excluding hydrogens is 1360 g/mol. The van der Waals surface area contributed by atoms with E-state index in [0.717, 1.165) is 177 Å². The number of furan rings is 4. The van der Waals surface area contributed by atoms with Gasteiger partial charge in [0.05, 0.1) is 61.4 Å². The van der Waals surface area contributed by atoms with Gasteiger partial charge in [0.15, 0.2) is 22.3 Å². The van der Waals surface area contributed by atoms with Gasteiger partial charge in [-0.1, -0.05) is 206 Å². The Morgan fingerprint density at radius 3 is 1.20 bits per heavy atom. The first-order valence-corrected chi connectivity index (χ1v) is 38.1. The Balaban J connectivity index is 0.699. The molecule has 0 radical (unpaired) electrons. The Bertz CT molecular complexity index is 8850. The summed E-state index contributed by atoms with van der Waals surface area (Å²) < 4.78 is 36.8. The van der Waals surface area contributed by atoms with Crippen LogP contribution in [-0.2, 0) is 0 Å². The molecule has 0 saturated heterocycles. The highest BCUT2D eigenvalue weighted by atomic mass is 16.3. The van der Waals surface area contributed by atoms with Gasteiger partial charge in [-0.25, -0.2) is 0 Å². The minimum Gasteiger partial charge on any atom is -0.454 e. The fourth-order valence-corrected chi connectivity index (χ4v) is 20.4. The van der Waals surface area contributed by atoms with Crippen molar-refractivity contribution in [3.05, 3.63) is 321 Å². The molecule has 10 heterocycles. The molecule has 9 nitrogen and oxygen atoms in total. The van der Waals surface area contributed by atoms with Crippen molar-refractivity contribution in [3.63, 3.8) is 0 Å². The van der Waals surface area contributed by atoms with Gasteiger partial charge in [0.1, 0.15) is 33.4 Å². The number of anilines is 6. The van der Waals surface area contributed by atoms with Gasteiger partial charge in [-0.05, 0) is 150 Å². The molecule has 0 aliphatic heterocycles. The zero-order chi connectivity index (χ0) is 72.1. The molecule has 10 aromatic heterocycles. The highest BCUT2D eigenvalue weighted by Gasteiger charge is 2.35. The van der Waals surface area contributed by atoms with Crippen molar-refractivity contribution in [2.24, 2.45) is 0 Å². The number of aromatic nitrogens is 3. The van der Waals surface area contributed by atoms with Crippen molar-refractivity contribution in [1.82, 2.24) is 13.2 Å². The molecule has 514 valence electrons. The van der Waals surface area contributed by atoms with E-state index in [4.69, 9.17) is 17.7 Å². The molecule has 27 aromatic rings. The Kier molecular flexibility index (Phi) is 10.9. The molecule has 111 heavy (non-hydrogen) atoms. The third-order valence-corrected chi connectivity index (χ3v) is 25.0. The molecule has 27 rings (SSSR count). The molecule has 9 heteroatoms. The van der Waals surface area contributed by atoms with Gasteiger partial charge in [0, 0.05) is 119 Å². The lowest BCUT2D eigenvalue weighted by molar-refractivity contribution is 0.668. The second-order valence-electron chi connectivity index (χ2n) is 30.6. The average Bonchev–Trinajstić information content (AvgIpc) is 1.51. The maximum atomic E-state index is 7.46. The van der Waals surface area contributed by atoms with E-state index in [9.17, 15) is 0 Å². The summed E-state index contributed by atoms with van der Waals surface area (Å²) in [4.78, 5) is 4.90. The van der Waals surface area contributed by atoms with E-state index < -0.39 is 0 Å². The number of hydrogen-bond acceptors (Lipinski definition) is 6. The van der Waals surface area contributed by atoms with Gasteiger partial charge in [-0.15, -0.1) is 0 Å². The summed E-state index contributed by atoms with van der Waals surface area (Å²) in [5, 5.41) is 25.0. The smallest absolute Gasteiger partial charge is 0.160 e. The number of nitrogens with zero attached hydrogens (tertiary/aromatic N) is 5. The third-order valence-electron chi connectivity index (χ3n) is 25.0. The standard InChI is InChI=1S/C102H57N5O4/c1-54-21-3-10-34-77(54)103(81-38-19-30-67-61-24-7-14-40-87(61)108-99(67)81)85-52-75-62-25-8-15-41-88(62)110-101(75)97-92(85)70-32-18-33-71-93-86(53-76-63-26-9-16-42-89(63)111-102(76)98(93)107(97)95(70)71)104(78-35-11-4-22-55(78)2)82-39-20-31-68-74-47-56(43-46-90(74)109-100(68)82)59-44-45-66-73-49-58-50-83-72(65-29-17-28-64-60-23-5-12-36-79(60)105(83)94(64)65)48-57(58)51-84(73)106-80-37-13-6-27-69(80)91(59)96(66)106/h3-53H,1-2H3. The van der Waals surface area contributed by atoms with E-state index in [1.165, 1.54) is 92.5 Å². The fraction of sp³-hybridized carbons (Fsp3) is 0.0196. The summed E-state index contributed by atoms with van der Waals surface area (Å²) >= 11 is 0. The van der Waals surface area contributed by atoms with Crippen LogP contribution >= 0.6 is 0 Å². The van der Waals surface area contributed by atoms with Crippen LogP contribution < -0.4 is 9.80 Å². The second kappa shape index (κ2) is 20.7. The topological polar surface area (TPSA) is 72.3 Å². The lowest BCUT2D eigenvalue weighted by Crippen LogP contribution is -2.12. The van der Waals surface area contributed by atoms with Crippen molar-refractivity contribution in [3.8, 4) is 11.1 Å². The maximum absolute atomic E-state index is 7.46. The lowest BCUT2D eigenvalue weighted by Gasteiger charge is -2.28. The number of fused-ring (bicyclic) bond motifs is 33. The van der Waals surface area contributed by atoms with Crippen LogP contribution in [0.1, 0.15) is 11.1 Å². The minimum atomic E-state index is 0.783. The molecule has 0 atom stereocenters. The molecule has 0 spiro atoms. The largest absolute Gasteiger partial charge is 0.454 e. The highest BCUT2D eigenvalue weighted by molar-refractivity contribution is 6.37. The molecule has 17 aromatic carbocycles. The first-order chi connectivity index (χ1) is 54.9. The van der Waals surface area contributed by atoms with Crippen LogP contribution in [0.4, 0.5) is 34.1 Å². The molecule has 0 saturated carbocycles. The minimum absolute atomic E-state index is 0.783. The summed E-state index contributed by atoms with van der Waals surface area (Å²) in [6, 6.07) is 113. The first-order valence-electron chi connectivity index (χ1n) is 38.1. The van der Waals surface area contributed by atoms with E-state index in [2.05, 4.69) is 340 Å². The van der Waals surface area contributed by atoms with Crippen LogP contribution in [0.2, 0.25) is 0 Å². The van der Waals surface area contributed by atoms with E-state index >= 15 is 0 Å². The summed E-state index contributed by atoms with van der Waals surface area (Å²) in [6.07, 6.45) is 0. The van der Waals surface area contributed by atoms with Gasteiger partial charge in [-0.3, -0.25) is 0 Å². The normalized spacial score (nSPS) is 12.8. The lowest BCUT2D eigenvalue weighted by atomic mass is 9.95. The molecule has 0 aliphatic carbocycles. The zero-order valence-corrected chi connectivity index (χ0v) is 59.8. The predicted molar refractivity (Wildman–Crippen MR) is 461 cm³/mol. The van der Waals surface area contributed by atoms with E-state index in [1.807, 2.05) is 6.07 Å². The summed E-state index contributed by atoms with van der Waals surface area (Å²) in [7, 11) is 0. The molecule has 0 bridgehead atoms. The molecule has 0 fully saturated rings. The summed E-state index contributed by atoms with van der Waals surface area (Å²) in [5.41, 5.74) is 27.2. The molecule has 0 aliphatic rings. The van der Waals surface area contributed by atoms with Gasteiger partial charge >= 0.3 is 0 Å². The van der Waals surface area contributed by atoms with Gasteiger partial charge in [0.2, 0.25) is 0 Å². The monoisotopic (exact) mass is 1420 g/mol. The number of rotatable bonds is 7. The van der Waals surface area contributed by atoms with Crippen LogP contribution in [0.25, 0.3) is 224 Å². The maximum Gasteiger partial charge on any atom is 0.160 e. The molecule has 0 amide bonds. The summed E-state index contributed by atoms with van der Waals surface area (Å²) in [6.45, 7) is 4.42. The van der Waals surface area contributed by atoms with Crippen molar-refractivity contribution in [1.29, 1.82) is 0 Å². The average molecular weight is 1420 g/mol. The Morgan fingerprint density at radius 2 is 0.622 bits per heavy atom. The van der Waals surface area contributed by atoms with Crippen LogP contribution in [0.5, 0.6) is 0 Å². The molecule has 0 unspecified atom stereocenters. The molecular formula is C102H57N5O4. The second-order valence-corrected chi connectivity index (χ2v) is 30.6. The van der Waals surface area contributed by atoms with Crippen molar-refractivity contribution in [2.45, 2.75) is 13.8 Å². The van der Waals surface area contributed by atoms with Crippen molar-refractivity contribution in [2.75, 3.05) is 9.80 Å². The highest BCUT2D eigenvalue weighted by Crippen LogP contribution is 2.58. The van der Waals surface area contributed by atoms with Crippen molar-refractivity contribution >= 4 is 247 Å². The van der Waals surface area contributed by atoms with Crippen LogP contribution in [0.3, 0.4) is 0 Å². The number of hydrogen-bond donors (Lipinski definition) is 0. The number of aryl methyl sites for hydroxylation is 2. The third kappa shape index (κ3) is 7.32. The number of para-hydroxylation sites is 11. The number of benzene rings is 17. The first kappa shape index (κ1) is 58.4. The Hall–Kier alpha value is -14.8. The van der Waals surface area contributed by atoms with E-state index in [-0.39, 0.29) is 0 Å². The van der Waals surface area contributed by atoms with E-state index in [1.54, 1.807) is 0 Å². The van der Waals surface area contributed by atoms with E-state index in [0.29, 0.717) is 0 Å². The zero-order valence-electron chi connectivity index (χ0n) is 59.8. The van der Waals surface area contributed by atoms with Crippen molar-refractivity contribution < 1.29 is 17.7 Å². The SMILES string of the molecule is Cc1ccccc1N(c1cccc2c1oc1ccccc12)c1cc2c3ccccc3oc2c2c1c1cccc3c4c(N(c5ccccc5C)c5cccc6c5oc5ccc(-c7ccc8c9cc%10cc%11c(cc%10cc9n9c%10ccccc%10c7c89)c7cccc8c9ccccc9n%11c87)cc56)cc5c6ccccc6oc5c4n2c13. The fourth-order valence-electron chi connectivity index (χ4n) is 20.4. The van der Waals surface area contributed by atoms with Crippen LogP contribution in [-0.4, -0.2) is 13.2 Å². The summed E-state index contributed by atoms with van der Waals surface area (Å²) in [5.74, 6) is 0. The Morgan fingerprint density at radius 1 is 0.216 bits per heavy atom. The van der Waals surface area contributed by atoms with Gasteiger partial charge < -0.3 is 40.7 Å².